The fourth-order valence-electron chi connectivity index (χ4n) is 3.28. The fourth-order valence-corrected chi connectivity index (χ4v) is 3.28. The number of β-amino-alcohol motifs (C(OH)–C–C–N with tert-alkyl or cyclic N) is 1. The minimum Gasteiger partial charge on any atom is -0.395 e. The lowest BCUT2D eigenvalue weighted by Crippen LogP contribution is -2.30. The number of aliphatic hydroxyl groups excluding tert-OH is 1. The highest BCUT2D eigenvalue weighted by Gasteiger charge is 2.20. The van der Waals surface area contributed by atoms with Crippen LogP contribution in [0.3, 0.4) is 0 Å². The highest BCUT2D eigenvalue weighted by Crippen LogP contribution is 2.30. The van der Waals surface area contributed by atoms with Crippen molar-refractivity contribution in [3.63, 3.8) is 0 Å². The molecule has 0 radical (unpaired) electrons. The standard InChI is InChI=1S/C22H32N6O2/c1-22(2,3)27-21-18-14-28(9-10-29)8-7-16(18)12-20(26-21)25-19-13-17(23-15-24-19)6-5-11-30-4/h7-8,12-13,15,29H,5-6,9-11,14H2,1-4H3,(H2,23,24,25,26,27). The molecule has 0 saturated carbocycles. The van der Waals surface area contributed by atoms with Crippen molar-refractivity contribution in [3.05, 3.63) is 41.5 Å². The van der Waals surface area contributed by atoms with Crippen LogP contribution in [0.15, 0.2) is 24.7 Å². The van der Waals surface area contributed by atoms with Crippen LogP contribution in [0.4, 0.5) is 17.5 Å². The number of aryl methyl sites for hydroxylation is 1. The van der Waals surface area contributed by atoms with Gasteiger partial charge in [-0.05, 0) is 51.3 Å². The van der Waals surface area contributed by atoms with E-state index in [1.165, 1.54) is 0 Å². The van der Waals surface area contributed by atoms with Gasteiger partial charge in [0.1, 0.15) is 23.8 Å². The Morgan fingerprint density at radius 3 is 2.77 bits per heavy atom. The van der Waals surface area contributed by atoms with Crippen molar-refractivity contribution < 1.29 is 9.84 Å². The SMILES string of the molecule is COCCCc1cc(Nc2cc3c(c(NC(C)(C)C)n2)CN(CCO)C=C3)ncn1. The number of nitrogens with one attached hydrogen (secondary N) is 2. The molecule has 1 aliphatic heterocycles. The van der Waals surface area contributed by atoms with Gasteiger partial charge in [-0.25, -0.2) is 15.0 Å². The molecule has 1 aliphatic rings. The first-order valence-electron chi connectivity index (χ1n) is 10.3. The van der Waals surface area contributed by atoms with E-state index in [1.54, 1.807) is 13.4 Å². The molecular weight excluding hydrogens is 380 g/mol. The smallest absolute Gasteiger partial charge is 0.135 e. The zero-order valence-corrected chi connectivity index (χ0v) is 18.3. The summed E-state index contributed by atoms with van der Waals surface area (Å²) < 4.78 is 5.12. The molecule has 0 bridgehead atoms. The summed E-state index contributed by atoms with van der Waals surface area (Å²) in [4.78, 5) is 15.6. The molecule has 8 nitrogen and oxygen atoms in total. The van der Waals surface area contributed by atoms with Gasteiger partial charge in [0.15, 0.2) is 0 Å². The summed E-state index contributed by atoms with van der Waals surface area (Å²) in [5.74, 6) is 2.28. The van der Waals surface area contributed by atoms with Gasteiger partial charge in [-0.15, -0.1) is 0 Å². The Hall–Kier alpha value is -2.71. The second-order valence-electron chi connectivity index (χ2n) is 8.42. The third kappa shape index (κ3) is 6.14. The molecule has 162 valence electrons. The summed E-state index contributed by atoms with van der Waals surface area (Å²) in [5, 5.41) is 16.1. The summed E-state index contributed by atoms with van der Waals surface area (Å²) in [6, 6.07) is 3.98. The molecule has 3 rings (SSSR count). The van der Waals surface area contributed by atoms with E-state index in [9.17, 15) is 5.11 Å². The van der Waals surface area contributed by atoms with E-state index < -0.39 is 0 Å². The van der Waals surface area contributed by atoms with Gasteiger partial charge >= 0.3 is 0 Å². The van der Waals surface area contributed by atoms with Gasteiger partial charge in [0.2, 0.25) is 0 Å². The van der Waals surface area contributed by atoms with Gasteiger partial charge in [-0.2, -0.15) is 0 Å². The average molecular weight is 413 g/mol. The number of anilines is 3. The molecular formula is C22H32N6O2. The van der Waals surface area contributed by atoms with Gasteiger partial charge in [-0.3, -0.25) is 0 Å². The second-order valence-corrected chi connectivity index (χ2v) is 8.42. The largest absolute Gasteiger partial charge is 0.395 e. The lowest BCUT2D eigenvalue weighted by molar-refractivity contribution is 0.195. The molecule has 0 unspecified atom stereocenters. The maximum absolute atomic E-state index is 9.29. The minimum absolute atomic E-state index is 0.120. The lowest BCUT2D eigenvalue weighted by atomic mass is 10.0. The summed E-state index contributed by atoms with van der Waals surface area (Å²) in [6.45, 7) is 8.47. The van der Waals surface area contributed by atoms with Crippen LogP contribution in [0.25, 0.3) is 6.08 Å². The Bertz CT molecular complexity index is 878. The second kappa shape index (κ2) is 9.86. The third-order valence-electron chi connectivity index (χ3n) is 4.63. The first-order chi connectivity index (χ1) is 14.4. The lowest BCUT2D eigenvalue weighted by Gasteiger charge is -2.29. The topological polar surface area (TPSA) is 95.4 Å². The number of nitrogens with zero attached hydrogens (tertiary/aromatic N) is 4. The van der Waals surface area contributed by atoms with Gasteiger partial charge < -0.3 is 25.4 Å². The zero-order valence-electron chi connectivity index (χ0n) is 18.3. The summed E-state index contributed by atoms with van der Waals surface area (Å²) in [6.07, 6.45) is 7.40. The van der Waals surface area contributed by atoms with Crippen LogP contribution in [0.5, 0.6) is 0 Å². The van der Waals surface area contributed by atoms with Gasteiger partial charge in [0.25, 0.3) is 0 Å². The number of rotatable bonds is 9. The first-order valence-corrected chi connectivity index (χ1v) is 10.3. The van der Waals surface area contributed by atoms with Crippen molar-refractivity contribution in [2.75, 3.05) is 37.5 Å². The van der Waals surface area contributed by atoms with Crippen LogP contribution in [-0.2, 0) is 17.7 Å². The highest BCUT2D eigenvalue weighted by atomic mass is 16.5. The molecule has 0 aliphatic carbocycles. The molecule has 3 N–H and O–H groups in total. The Morgan fingerprint density at radius 2 is 2.03 bits per heavy atom. The third-order valence-corrected chi connectivity index (χ3v) is 4.63. The number of hydrogen-bond donors (Lipinski definition) is 3. The first kappa shape index (κ1) is 22.0. The van der Waals surface area contributed by atoms with E-state index in [-0.39, 0.29) is 12.1 Å². The van der Waals surface area contributed by atoms with Crippen LogP contribution in [0, 0.1) is 0 Å². The number of ether oxygens (including phenoxy) is 1. The average Bonchev–Trinajstić information content (AvgIpc) is 2.68. The molecule has 0 fully saturated rings. The molecule has 0 spiro atoms. The molecule has 0 aromatic carbocycles. The molecule has 2 aromatic rings. The Labute approximate surface area is 178 Å². The summed E-state index contributed by atoms with van der Waals surface area (Å²) >= 11 is 0. The zero-order chi connectivity index (χ0) is 21.6. The molecule has 30 heavy (non-hydrogen) atoms. The van der Waals surface area contributed by atoms with E-state index in [1.807, 2.05) is 18.3 Å². The predicted molar refractivity (Wildman–Crippen MR) is 120 cm³/mol. The molecule has 0 amide bonds. The number of pyridine rings is 1. The van der Waals surface area contributed by atoms with Crippen LogP contribution < -0.4 is 10.6 Å². The van der Waals surface area contributed by atoms with E-state index in [0.717, 1.165) is 41.3 Å². The maximum atomic E-state index is 9.29. The minimum atomic E-state index is -0.133. The summed E-state index contributed by atoms with van der Waals surface area (Å²) in [7, 11) is 1.70. The van der Waals surface area contributed by atoms with Crippen LogP contribution in [0.1, 0.15) is 44.0 Å². The van der Waals surface area contributed by atoms with E-state index in [4.69, 9.17) is 9.72 Å². The quantitative estimate of drug-likeness (QED) is 0.541. The van der Waals surface area contributed by atoms with Crippen molar-refractivity contribution in [3.8, 4) is 0 Å². The van der Waals surface area contributed by atoms with E-state index in [2.05, 4.69) is 52.3 Å². The number of methoxy groups -OCH3 is 1. The summed E-state index contributed by atoms with van der Waals surface area (Å²) in [5.41, 5.74) is 3.05. The molecule has 2 aromatic heterocycles. The van der Waals surface area contributed by atoms with E-state index in [0.29, 0.717) is 25.5 Å². The maximum Gasteiger partial charge on any atom is 0.135 e. The van der Waals surface area contributed by atoms with Gasteiger partial charge in [-0.1, -0.05) is 0 Å². The Balaban J connectivity index is 1.86. The molecule has 3 heterocycles. The molecule has 0 atom stereocenters. The monoisotopic (exact) mass is 412 g/mol. The molecule has 0 saturated heterocycles. The van der Waals surface area contributed by atoms with Crippen LogP contribution in [0.2, 0.25) is 0 Å². The molecule has 8 heteroatoms. The van der Waals surface area contributed by atoms with Gasteiger partial charge in [0, 0.05) is 55.9 Å². The van der Waals surface area contributed by atoms with Crippen LogP contribution in [-0.4, -0.2) is 57.4 Å². The van der Waals surface area contributed by atoms with Crippen LogP contribution >= 0.6 is 0 Å². The Morgan fingerprint density at radius 1 is 1.20 bits per heavy atom. The predicted octanol–water partition coefficient (Wildman–Crippen LogP) is 3.18. The number of aliphatic hydroxyl groups is 1. The van der Waals surface area contributed by atoms with E-state index >= 15 is 0 Å². The van der Waals surface area contributed by atoms with Gasteiger partial charge in [0.05, 0.1) is 6.61 Å². The number of hydrogen-bond acceptors (Lipinski definition) is 8. The van der Waals surface area contributed by atoms with Crippen molar-refractivity contribution >= 4 is 23.5 Å². The van der Waals surface area contributed by atoms with Crippen molar-refractivity contribution in [1.29, 1.82) is 0 Å². The number of aromatic nitrogens is 3. The fraction of sp³-hybridized carbons (Fsp3) is 0.500. The van der Waals surface area contributed by atoms with Crippen molar-refractivity contribution in [2.24, 2.45) is 0 Å². The van der Waals surface area contributed by atoms with Crippen molar-refractivity contribution in [1.82, 2.24) is 19.9 Å². The normalized spacial score (nSPS) is 13.3. The Kier molecular flexibility index (Phi) is 7.23. The highest BCUT2D eigenvalue weighted by molar-refractivity contribution is 5.69. The number of fused-ring (bicyclic) bond motifs is 1. The van der Waals surface area contributed by atoms with Crippen molar-refractivity contribution in [2.45, 2.75) is 45.7 Å².